The van der Waals surface area contributed by atoms with Gasteiger partial charge in [-0.15, -0.1) is 0 Å². The van der Waals surface area contributed by atoms with Gasteiger partial charge in [-0.2, -0.15) is 0 Å². The van der Waals surface area contributed by atoms with Crippen molar-refractivity contribution in [1.29, 1.82) is 0 Å². The van der Waals surface area contributed by atoms with Gasteiger partial charge in [0, 0.05) is 6.20 Å². The molecule has 1 aromatic heterocycles. The molecule has 0 aliphatic rings. The van der Waals surface area contributed by atoms with Crippen LogP contribution < -0.4 is 11.5 Å². The zero-order valence-electron chi connectivity index (χ0n) is 4.63. The van der Waals surface area contributed by atoms with Crippen LogP contribution in [0.2, 0.25) is 5.02 Å². The standard InChI is InChI=1S/C5H6ClN3/c6-3-1-9-2-4(7)5(3)8/h1-2H,7H2,(H2,8,9). The zero-order chi connectivity index (χ0) is 6.85. The van der Waals surface area contributed by atoms with Crippen LogP contribution >= 0.6 is 11.6 Å². The predicted molar refractivity (Wildman–Crippen MR) is 38.1 cm³/mol. The van der Waals surface area contributed by atoms with Crippen molar-refractivity contribution in [2.75, 3.05) is 11.5 Å². The van der Waals surface area contributed by atoms with Gasteiger partial charge in [0.2, 0.25) is 0 Å². The minimum Gasteiger partial charge on any atom is -0.396 e. The molecule has 0 atom stereocenters. The van der Waals surface area contributed by atoms with Crippen LogP contribution in [0.15, 0.2) is 12.4 Å². The quantitative estimate of drug-likeness (QED) is 0.567. The molecule has 1 rings (SSSR count). The maximum absolute atomic E-state index is 5.55. The van der Waals surface area contributed by atoms with E-state index in [9.17, 15) is 0 Å². The van der Waals surface area contributed by atoms with E-state index in [2.05, 4.69) is 4.98 Å². The molecule has 1 heterocycles. The number of aromatic nitrogens is 1. The van der Waals surface area contributed by atoms with E-state index in [0.717, 1.165) is 0 Å². The van der Waals surface area contributed by atoms with Crippen LogP contribution in [0.5, 0.6) is 0 Å². The molecule has 0 aromatic carbocycles. The van der Waals surface area contributed by atoms with Crippen LogP contribution in [0.4, 0.5) is 11.4 Å². The van der Waals surface area contributed by atoms with Gasteiger partial charge in [0.25, 0.3) is 0 Å². The second-order valence-corrected chi connectivity index (χ2v) is 2.03. The first-order valence-corrected chi connectivity index (χ1v) is 2.74. The summed E-state index contributed by atoms with van der Waals surface area (Å²) in [4.78, 5) is 3.71. The number of anilines is 2. The molecule has 0 unspecified atom stereocenters. The van der Waals surface area contributed by atoms with E-state index >= 15 is 0 Å². The van der Waals surface area contributed by atoms with Crippen molar-refractivity contribution in [3.05, 3.63) is 17.4 Å². The molecule has 0 radical (unpaired) electrons. The maximum Gasteiger partial charge on any atom is 0.0839 e. The number of nitrogen functional groups attached to an aromatic ring is 2. The molecule has 0 amide bonds. The molecule has 1 aromatic rings. The van der Waals surface area contributed by atoms with Crippen molar-refractivity contribution < 1.29 is 0 Å². The average molecular weight is 144 g/mol. The highest BCUT2D eigenvalue weighted by molar-refractivity contribution is 6.33. The summed E-state index contributed by atoms with van der Waals surface area (Å²) in [5, 5.41) is 0.398. The normalized spacial score (nSPS) is 9.44. The van der Waals surface area contributed by atoms with E-state index in [1.165, 1.54) is 12.4 Å². The Labute approximate surface area is 57.6 Å². The number of rotatable bonds is 0. The first-order valence-electron chi connectivity index (χ1n) is 2.36. The third-order valence-electron chi connectivity index (χ3n) is 0.970. The van der Waals surface area contributed by atoms with Crippen LogP contribution in [0.3, 0.4) is 0 Å². The molecule has 48 valence electrons. The van der Waals surface area contributed by atoms with E-state index in [1.54, 1.807) is 0 Å². The second-order valence-electron chi connectivity index (χ2n) is 1.62. The van der Waals surface area contributed by atoms with E-state index < -0.39 is 0 Å². The van der Waals surface area contributed by atoms with Crippen LogP contribution in [0.25, 0.3) is 0 Å². The SMILES string of the molecule is Nc1cncc(Cl)c1N. The van der Waals surface area contributed by atoms with Gasteiger partial charge in [0.05, 0.1) is 22.6 Å². The van der Waals surface area contributed by atoms with E-state index in [1.807, 2.05) is 0 Å². The number of halogens is 1. The summed E-state index contributed by atoms with van der Waals surface area (Å²) in [5.74, 6) is 0. The first-order chi connectivity index (χ1) is 4.22. The highest BCUT2D eigenvalue weighted by Crippen LogP contribution is 2.21. The Kier molecular flexibility index (Phi) is 1.44. The summed E-state index contributed by atoms with van der Waals surface area (Å²) in [6.07, 6.45) is 2.91. The van der Waals surface area contributed by atoms with Gasteiger partial charge in [-0.3, -0.25) is 4.98 Å². The fourth-order valence-electron chi connectivity index (χ4n) is 0.460. The minimum absolute atomic E-state index is 0.395. The van der Waals surface area contributed by atoms with Crippen molar-refractivity contribution >= 4 is 23.0 Å². The summed E-state index contributed by atoms with van der Waals surface area (Å²) >= 11 is 5.55. The van der Waals surface area contributed by atoms with E-state index in [0.29, 0.717) is 16.4 Å². The Morgan fingerprint density at radius 1 is 1.33 bits per heavy atom. The van der Waals surface area contributed by atoms with Crippen LogP contribution in [0.1, 0.15) is 0 Å². The number of pyridine rings is 1. The van der Waals surface area contributed by atoms with Crippen LogP contribution in [-0.4, -0.2) is 4.98 Å². The summed E-state index contributed by atoms with van der Waals surface area (Å²) in [5.41, 5.74) is 11.5. The summed E-state index contributed by atoms with van der Waals surface area (Å²) in [6, 6.07) is 0. The topological polar surface area (TPSA) is 64.9 Å². The smallest absolute Gasteiger partial charge is 0.0839 e. The molecular formula is C5H6ClN3. The third kappa shape index (κ3) is 1.05. The van der Waals surface area contributed by atoms with Crippen molar-refractivity contribution in [1.82, 2.24) is 4.98 Å². The average Bonchev–Trinajstić information content (AvgIpc) is 1.83. The lowest BCUT2D eigenvalue weighted by Crippen LogP contribution is -1.95. The van der Waals surface area contributed by atoms with Gasteiger partial charge in [-0.25, -0.2) is 0 Å². The van der Waals surface area contributed by atoms with E-state index in [-0.39, 0.29) is 0 Å². The lowest BCUT2D eigenvalue weighted by atomic mass is 10.4. The highest BCUT2D eigenvalue weighted by Gasteiger charge is 1.97. The maximum atomic E-state index is 5.55. The van der Waals surface area contributed by atoms with Crippen LogP contribution in [0, 0.1) is 0 Å². The van der Waals surface area contributed by atoms with Crippen LogP contribution in [-0.2, 0) is 0 Å². The van der Waals surface area contributed by atoms with Crippen molar-refractivity contribution in [2.45, 2.75) is 0 Å². The molecule has 0 saturated carbocycles. The zero-order valence-corrected chi connectivity index (χ0v) is 5.39. The second kappa shape index (κ2) is 2.11. The fourth-order valence-corrected chi connectivity index (χ4v) is 0.625. The van der Waals surface area contributed by atoms with Gasteiger partial charge in [0.15, 0.2) is 0 Å². The molecule has 4 N–H and O–H groups in total. The summed E-state index contributed by atoms with van der Waals surface area (Å²) in [7, 11) is 0. The van der Waals surface area contributed by atoms with Gasteiger partial charge in [-0.1, -0.05) is 11.6 Å². The number of nitrogens with zero attached hydrogens (tertiary/aromatic N) is 1. The Morgan fingerprint density at radius 3 is 2.44 bits per heavy atom. The third-order valence-corrected chi connectivity index (χ3v) is 1.27. The molecule has 0 saturated heterocycles. The molecule has 0 aliphatic heterocycles. The van der Waals surface area contributed by atoms with Gasteiger partial charge < -0.3 is 11.5 Å². The van der Waals surface area contributed by atoms with Crippen molar-refractivity contribution in [3.8, 4) is 0 Å². The molecule has 9 heavy (non-hydrogen) atoms. The minimum atomic E-state index is 0.395. The van der Waals surface area contributed by atoms with Gasteiger partial charge >= 0.3 is 0 Å². The molecular weight excluding hydrogens is 138 g/mol. The van der Waals surface area contributed by atoms with Gasteiger partial charge in [-0.05, 0) is 0 Å². The summed E-state index contributed by atoms with van der Waals surface area (Å²) in [6.45, 7) is 0. The van der Waals surface area contributed by atoms with Gasteiger partial charge in [0.1, 0.15) is 0 Å². The lowest BCUT2D eigenvalue weighted by molar-refractivity contribution is 1.33. The van der Waals surface area contributed by atoms with Crippen molar-refractivity contribution in [2.24, 2.45) is 0 Å². The predicted octanol–water partition coefficient (Wildman–Crippen LogP) is 0.899. The molecule has 0 fully saturated rings. The summed E-state index contributed by atoms with van der Waals surface area (Å²) < 4.78 is 0. The largest absolute Gasteiger partial charge is 0.396 e. The first kappa shape index (κ1) is 6.16. The highest BCUT2D eigenvalue weighted by atomic mass is 35.5. The molecule has 0 aliphatic carbocycles. The molecule has 3 nitrogen and oxygen atoms in total. The number of hydrogen-bond acceptors (Lipinski definition) is 3. The molecule has 4 heteroatoms. The fraction of sp³-hybridized carbons (Fsp3) is 0. The number of nitrogens with two attached hydrogens (primary N) is 2. The van der Waals surface area contributed by atoms with Crippen molar-refractivity contribution in [3.63, 3.8) is 0 Å². The Bertz CT molecular complexity index is 203. The Balaban J connectivity index is 3.25. The van der Waals surface area contributed by atoms with E-state index in [4.69, 9.17) is 23.1 Å². The molecule has 0 spiro atoms. The Morgan fingerprint density at radius 2 is 2.00 bits per heavy atom. The lowest BCUT2D eigenvalue weighted by Gasteiger charge is -1.97. The number of hydrogen-bond donors (Lipinski definition) is 2. The monoisotopic (exact) mass is 143 g/mol. The Hall–Kier alpha value is -0.960. The molecule has 0 bridgehead atoms.